The summed E-state index contributed by atoms with van der Waals surface area (Å²) in [7, 11) is -3.58. The molecule has 1 heterocycles. The van der Waals surface area contributed by atoms with E-state index >= 15 is 0 Å². The van der Waals surface area contributed by atoms with Gasteiger partial charge in [0.25, 0.3) is 0 Å². The molecule has 0 saturated heterocycles. The first-order valence-corrected chi connectivity index (χ1v) is 7.62. The topological polar surface area (TPSA) is 58.2 Å². The van der Waals surface area contributed by atoms with Gasteiger partial charge in [0, 0.05) is 13.1 Å². The summed E-state index contributed by atoms with van der Waals surface area (Å²) in [6.45, 7) is 3.49. The van der Waals surface area contributed by atoms with Crippen LogP contribution in [0.5, 0.6) is 0 Å². The first-order chi connectivity index (χ1) is 8.99. The molecule has 0 amide bonds. The number of aryl methyl sites for hydroxylation is 1. The molecular formula is C13H18ClFN2O2S. The van der Waals surface area contributed by atoms with Crippen LogP contribution >= 0.6 is 12.4 Å². The molecular weight excluding hydrogens is 303 g/mol. The molecule has 7 heteroatoms. The molecule has 1 aliphatic heterocycles. The Balaban J connectivity index is 0.00000200. The molecule has 2 N–H and O–H groups in total. The average Bonchev–Trinajstić information content (AvgIpc) is 2.41. The van der Waals surface area contributed by atoms with E-state index in [9.17, 15) is 12.8 Å². The van der Waals surface area contributed by atoms with Crippen molar-refractivity contribution in [1.29, 1.82) is 0 Å². The summed E-state index contributed by atoms with van der Waals surface area (Å²) in [6, 6.07) is 3.80. The fourth-order valence-corrected chi connectivity index (χ4v) is 3.01. The van der Waals surface area contributed by atoms with Crippen molar-refractivity contribution in [3.8, 4) is 0 Å². The summed E-state index contributed by atoms with van der Waals surface area (Å²) in [5.41, 5.74) is 1.39. The minimum atomic E-state index is -3.58. The van der Waals surface area contributed by atoms with Crippen molar-refractivity contribution in [3.05, 3.63) is 41.2 Å². The molecule has 0 atom stereocenters. The molecule has 1 aromatic rings. The molecule has 0 spiro atoms. The van der Waals surface area contributed by atoms with Gasteiger partial charge in [0.1, 0.15) is 5.82 Å². The van der Waals surface area contributed by atoms with Crippen molar-refractivity contribution in [2.24, 2.45) is 0 Å². The second-order valence-electron chi connectivity index (χ2n) is 4.55. The van der Waals surface area contributed by atoms with E-state index in [4.69, 9.17) is 0 Å². The van der Waals surface area contributed by atoms with E-state index in [0.717, 1.165) is 25.1 Å². The summed E-state index contributed by atoms with van der Waals surface area (Å²) < 4.78 is 39.8. The van der Waals surface area contributed by atoms with Crippen LogP contribution in [0.1, 0.15) is 12.0 Å². The highest BCUT2D eigenvalue weighted by Gasteiger charge is 2.15. The SMILES string of the molecule is Cc1cc(S(=O)(=O)NCC2=CCNCC2)ccc1F.Cl. The van der Waals surface area contributed by atoms with Crippen LogP contribution in [0.4, 0.5) is 4.39 Å². The highest BCUT2D eigenvalue weighted by molar-refractivity contribution is 7.89. The van der Waals surface area contributed by atoms with Gasteiger partial charge in [-0.1, -0.05) is 11.6 Å². The van der Waals surface area contributed by atoms with Gasteiger partial charge < -0.3 is 5.32 Å². The lowest BCUT2D eigenvalue weighted by Gasteiger charge is -2.15. The van der Waals surface area contributed by atoms with Crippen LogP contribution in [-0.4, -0.2) is 28.1 Å². The molecule has 0 aliphatic carbocycles. The van der Waals surface area contributed by atoms with Gasteiger partial charge in [0.15, 0.2) is 0 Å². The zero-order valence-corrected chi connectivity index (χ0v) is 12.8. The van der Waals surface area contributed by atoms with Gasteiger partial charge in [0.05, 0.1) is 4.90 Å². The maximum atomic E-state index is 13.1. The van der Waals surface area contributed by atoms with Gasteiger partial charge in [-0.3, -0.25) is 0 Å². The van der Waals surface area contributed by atoms with Crippen molar-refractivity contribution in [2.75, 3.05) is 19.6 Å². The molecule has 0 fully saturated rings. The Bertz CT molecular complexity index is 602. The van der Waals surface area contributed by atoms with Gasteiger partial charge in [-0.05, 0) is 43.7 Å². The second kappa shape index (κ2) is 7.17. The van der Waals surface area contributed by atoms with Crippen molar-refractivity contribution in [2.45, 2.75) is 18.2 Å². The quantitative estimate of drug-likeness (QED) is 0.831. The standard InChI is InChI=1S/C13H17FN2O2S.ClH/c1-10-8-12(2-3-13(10)14)19(17,18)16-9-11-4-6-15-7-5-11;/h2-4,8,15-16H,5-7,9H2,1H3;1H. The Kier molecular flexibility index (Phi) is 6.13. The molecule has 0 aromatic heterocycles. The first-order valence-electron chi connectivity index (χ1n) is 6.13. The predicted octanol–water partition coefficient (Wildman–Crippen LogP) is 1.75. The van der Waals surface area contributed by atoms with Crippen LogP contribution in [0.2, 0.25) is 0 Å². The van der Waals surface area contributed by atoms with Gasteiger partial charge in [0.2, 0.25) is 10.0 Å². The molecule has 0 saturated carbocycles. The molecule has 2 rings (SSSR count). The lowest BCUT2D eigenvalue weighted by molar-refractivity contribution is 0.580. The molecule has 112 valence electrons. The Hall–Kier alpha value is -0.950. The van der Waals surface area contributed by atoms with E-state index in [1.807, 2.05) is 6.08 Å². The van der Waals surface area contributed by atoms with E-state index < -0.39 is 15.8 Å². The number of rotatable bonds is 4. The summed E-state index contributed by atoms with van der Waals surface area (Å²) in [6.07, 6.45) is 2.83. The van der Waals surface area contributed by atoms with E-state index in [1.165, 1.54) is 18.2 Å². The third-order valence-electron chi connectivity index (χ3n) is 3.09. The van der Waals surface area contributed by atoms with E-state index in [-0.39, 0.29) is 17.3 Å². The fourth-order valence-electron chi connectivity index (χ4n) is 1.89. The van der Waals surface area contributed by atoms with Crippen LogP contribution in [0.25, 0.3) is 0 Å². The summed E-state index contributed by atoms with van der Waals surface area (Å²) in [4.78, 5) is 0.0981. The van der Waals surface area contributed by atoms with E-state index in [1.54, 1.807) is 6.92 Å². The van der Waals surface area contributed by atoms with Crippen molar-refractivity contribution in [3.63, 3.8) is 0 Å². The number of hydrogen-bond acceptors (Lipinski definition) is 3. The van der Waals surface area contributed by atoms with Crippen molar-refractivity contribution < 1.29 is 12.8 Å². The molecule has 4 nitrogen and oxygen atoms in total. The van der Waals surface area contributed by atoms with Gasteiger partial charge in [-0.2, -0.15) is 0 Å². The third kappa shape index (κ3) is 4.28. The molecule has 0 radical (unpaired) electrons. The largest absolute Gasteiger partial charge is 0.313 e. The molecule has 1 aliphatic rings. The predicted molar refractivity (Wildman–Crippen MR) is 79.1 cm³/mol. The van der Waals surface area contributed by atoms with E-state index in [0.29, 0.717) is 12.1 Å². The van der Waals surface area contributed by atoms with Crippen LogP contribution < -0.4 is 10.0 Å². The number of sulfonamides is 1. The zero-order chi connectivity index (χ0) is 13.9. The van der Waals surface area contributed by atoms with Crippen LogP contribution in [0.15, 0.2) is 34.7 Å². The average molecular weight is 321 g/mol. The minimum Gasteiger partial charge on any atom is -0.313 e. The smallest absolute Gasteiger partial charge is 0.240 e. The third-order valence-corrected chi connectivity index (χ3v) is 4.49. The number of hydrogen-bond donors (Lipinski definition) is 2. The molecule has 20 heavy (non-hydrogen) atoms. The van der Waals surface area contributed by atoms with Crippen LogP contribution in [-0.2, 0) is 10.0 Å². The zero-order valence-electron chi connectivity index (χ0n) is 11.1. The summed E-state index contributed by atoms with van der Waals surface area (Å²) in [5, 5.41) is 3.16. The maximum Gasteiger partial charge on any atom is 0.240 e. The fraction of sp³-hybridized carbons (Fsp3) is 0.385. The minimum absolute atomic E-state index is 0. The highest BCUT2D eigenvalue weighted by Crippen LogP contribution is 2.14. The van der Waals surface area contributed by atoms with Crippen molar-refractivity contribution >= 4 is 22.4 Å². The van der Waals surface area contributed by atoms with Crippen LogP contribution in [0, 0.1) is 12.7 Å². The Morgan fingerprint density at radius 2 is 2.15 bits per heavy atom. The Labute approximate surface area is 124 Å². The molecule has 0 unspecified atom stereocenters. The molecule has 0 bridgehead atoms. The van der Waals surface area contributed by atoms with Gasteiger partial charge in [-0.25, -0.2) is 17.5 Å². The first kappa shape index (κ1) is 17.1. The number of benzene rings is 1. The summed E-state index contributed by atoms with van der Waals surface area (Å²) in [5.74, 6) is -0.403. The maximum absolute atomic E-state index is 13.1. The highest BCUT2D eigenvalue weighted by atomic mass is 35.5. The summed E-state index contributed by atoms with van der Waals surface area (Å²) >= 11 is 0. The lowest BCUT2D eigenvalue weighted by atomic mass is 10.1. The normalized spacial score (nSPS) is 15.4. The van der Waals surface area contributed by atoms with Crippen molar-refractivity contribution in [1.82, 2.24) is 10.0 Å². The Morgan fingerprint density at radius 1 is 1.40 bits per heavy atom. The van der Waals surface area contributed by atoms with Gasteiger partial charge >= 0.3 is 0 Å². The monoisotopic (exact) mass is 320 g/mol. The lowest BCUT2D eigenvalue weighted by Crippen LogP contribution is -2.29. The van der Waals surface area contributed by atoms with Gasteiger partial charge in [-0.15, -0.1) is 12.4 Å². The second-order valence-corrected chi connectivity index (χ2v) is 6.32. The number of halogens is 2. The number of nitrogens with one attached hydrogen (secondary N) is 2. The van der Waals surface area contributed by atoms with E-state index in [2.05, 4.69) is 10.0 Å². The van der Waals surface area contributed by atoms with Crippen LogP contribution in [0.3, 0.4) is 0 Å². The molecule has 1 aromatic carbocycles. The Morgan fingerprint density at radius 3 is 2.75 bits per heavy atom.